The summed E-state index contributed by atoms with van der Waals surface area (Å²) in [6.07, 6.45) is 6.27. The first-order valence-electron chi connectivity index (χ1n) is 9.25. The molecule has 1 saturated carbocycles. The zero-order chi connectivity index (χ0) is 21.3. The van der Waals surface area contributed by atoms with Gasteiger partial charge in [-0.05, 0) is 19.1 Å². The summed E-state index contributed by atoms with van der Waals surface area (Å²) in [5.74, 6) is -4.55. The van der Waals surface area contributed by atoms with Gasteiger partial charge in [-0.25, -0.2) is 13.5 Å². The van der Waals surface area contributed by atoms with Gasteiger partial charge in [-0.15, -0.1) is 0 Å². The lowest BCUT2D eigenvalue weighted by atomic mass is 10.2. The average Bonchev–Trinajstić information content (AvgIpc) is 3.06. The molecule has 3 unspecified atom stereocenters. The maximum atomic E-state index is 13.0. The smallest absolute Gasteiger partial charge is 0.252 e. The first kappa shape index (κ1) is 21.9. The van der Waals surface area contributed by atoms with Crippen LogP contribution < -0.4 is 4.90 Å². The molecule has 11 heteroatoms. The number of amides is 1. The van der Waals surface area contributed by atoms with Gasteiger partial charge >= 0.3 is 0 Å². The highest BCUT2D eigenvalue weighted by molar-refractivity contribution is 7.85. The Morgan fingerprint density at radius 2 is 2.24 bits per heavy atom. The Labute approximate surface area is 175 Å². The van der Waals surface area contributed by atoms with Crippen molar-refractivity contribution in [2.24, 2.45) is 11.8 Å². The molecule has 1 aliphatic heterocycles. The van der Waals surface area contributed by atoms with Crippen LogP contribution in [0, 0.1) is 11.8 Å². The van der Waals surface area contributed by atoms with Gasteiger partial charge in [0.2, 0.25) is 5.91 Å². The highest BCUT2D eigenvalue weighted by Gasteiger charge is 2.57. The predicted octanol–water partition coefficient (Wildman–Crippen LogP) is 2.99. The van der Waals surface area contributed by atoms with Gasteiger partial charge in [0.25, 0.3) is 5.92 Å². The SMILES string of the molecule is CCN(C(=O)C(C)CS(=O)CC1CC1(F)F)c1cn(C2=CC=CN(O)C2)nc1Cl. The van der Waals surface area contributed by atoms with Crippen LogP contribution >= 0.6 is 11.6 Å². The molecule has 1 aromatic rings. The van der Waals surface area contributed by atoms with Crippen LogP contribution in [0.1, 0.15) is 20.3 Å². The topological polar surface area (TPSA) is 78.7 Å². The second kappa shape index (κ2) is 8.53. The number of hydrogen-bond acceptors (Lipinski definition) is 5. The first-order chi connectivity index (χ1) is 13.6. The lowest BCUT2D eigenvalue weighted by Crippen LogP contribution is -2.37. The monoisotopic (exact) mass is 448 g/mol. The standard InChI is InChI=1S/C18H23ClF2N4O3S/c1-3-24(17(26)12(2)10-29(28)11-13-7-18(13,20)21)15-9-25(22-16(15)19)14-5-4-6-23(27)8-14/h4-6,9,12-13,27H,3,7-8,10-11H2,1-2H3. The Balaban J connectivity index is 1.68. The Morgan fingerprint density at radius 1 is 1.55 bits per heavy atom. The molecule has 29 heavy (non-hydrogen) atoms. The average molecular weight is 449 g/mol. The third-order valence-electron chi connectivity index (χ3n) is 4.89. The van der Waals surface area contributed by atoms with Crippen molar-refractivity contribution in [3.8, 4) is 0 Å². The van der Waals surface area contributed by atoms with Crippen molar-refractivity contribution in [1.29, 1.82) is 0 Å². The second-order valence-electron chi connectivity index (χ2n) is 7.27. The van der Waals surface area contributed by atoms with Crippen LogP contribution in [-0.2, 0) is 15.6 Å². The summed E-state index contributed by atoms with van der Waals surface area (Å²) in [4.78, 5) is 14.3. The van der Waals surface area contributed by atoms with E-state index >= 15 is 0 Å². The van der Waals surface area contributed by atoms with Crippen LogP contribution in [-0.4, -0.2) is 60.7 Å². The molecule has 3 rings (SSSR count). The van der Waals surface area contributed by atoms with E-state index in [1.54, 1.807) is 32.2 Å². The number of hydroxylamine groups is 2. The molecular weight excluding hydrogens is 426 g/mol. The summed E-state index contributed by atoms with van der Waals surface area (Å²) in [5.41, 5.74) is 1.05. The van der Waals surface area contributed by atoms with E-state index in [1.807, 2.05) is 0 Å². The Morgan fingerprint density at radius 3 is 2.83 bits per heavy atom. The molecule has 0 saturated heterocycles. The van der Waals surface area contributed by atoms with Crippen molar-refractivity contribution in [2.45, 2.75) is 26.2 Å². The minimum absolute atomic E-state index is 0.0170. The van der Waals surface area contributed by atoms with Crippen LogP contribution in [0.15, 0.2) is 24.5 Å². The molecule has 1 N–H and O–H groups in total. The van der Waals surface area contributed by atoms with Crippen LogP contribution in [0.4, 0.5) is 14.5 Å². The maximum Gasteiger partial charge on any atom is 0.252 e. The zero-order valence-corrected chi connectivity index (χ0v) is 17.7. The fraction of sp³-hybridized carbons (Fsp3) is 0.556. The van der Waals surface area contributed by atoms with E-state index in [0.717, 1.165) is 5.06 Å². The third kappa shape index (κ3) is 5.04. The number of rotatable bonds is 8. The van der Waals surface area contributed by atoms with Crippen LogP contribution in [0.25, 0.3) is 5.70 Å². The van der Waals surface area contributed by atoms with Gasteiger partial charge in [-0.3, -0.25) is 19.3 Å². The zero-order valence-electron chi connectivity index (χ0n) is 16.1. The van der Waals surface area contributed by atoms with Gasteiger partial charge in [-0.1, -0.05) is 18.5 Å². The van der Waals surface area contributed by atoms with Crippen molar-refractivity contribution < 1.29 is 23.0 Å². The molecule has 0 bridgehead atoms. The largest absolute Gasteiger partial charge is 0.308 e. The fourth-order valence-electron chi connectivity index (χ4n) is 3.15. The van der Waals surface area contributed by atoms with E-state index in [9.17, 15) is 23.0 Å². The summed E-state index contributed by atoms with van der Waals surface area (Å²) in [5, 5.41) is 14.9. The van der Waals surface area contributed by atoms with E-state index in [1.165, 1.54) is 15.8 Å². The van der Waals surface area contributed by atoms with Gasteiger partial charge < -0.3 is 4.90 Å². The molecule has 0 aromatic carbocycles. The summed E-state index contributed by atoms with van der Waals surface area (Å²) < 4.78 is 39.7. The molecular formula is C18H23ClF2N4O3S. The van der Waals surface area contributed by atoms with E-state index in [4.69, 9.17) is 11.6 Å². The number of carbonyl (C=O) groups excluding carboxylic acids is 1. The maximum absolute atomic E-state index is 13.0. The van der Waals surface area contributed by atoms with Gasteiger partial charge in [0.1, 0.15) is 5.69 Å². The summed E-state index contributed by atoms with van der Waals surface area (Å²) in [7, 11) is -1.50. The molecule has 2 aliphatic rings. The van der Waals surface area contributed by atoms with Gasteiger partial charge in [0, 0.05) is 53.3 Å². The number of hydrogen-bond donors (Lipinski definition) is 1. The second-order valence-corrected chi connectivity index (χ2v) is 9.17. The minimum atomic E-state index is -2.71. The lowest BCUT2D eigenvalue weighted by Gasteiger charge is -2.23. The number of aromatic nitrogens is 2. The molecule has 2 heterocycles. The van der Waals surface area contributed by atoms with E-state index in [0.29, 0.717) is 17.9 Å². The number of carbonyl (C=O) groups is 1. The quantitative estimate of drug-likeness (QED) is 0.661. The van der Waals surface area contributed by atoms with Crippen molar-refractivity contribution in [2.75, 3.05) is 29.5 Å². The van der Waals surface area contributed by atoms with Crippen molar-refractivity contribution in [3.63, 3.8) is 0 Å². The molecule has 3 atom stereocenters. The summed E-state index contributed by atoms with van der Waals surface area (Å²) >= 11 is 6.25. The number of halogens is 3. The number of allylic oxidation sites excluding steroid dienone is 2. The molecule has 160 valence electrons. The molecule has 0 radical (unpaired) electrons. The fourth-order valence-corrected chi connectivity index (χ4v) is 5.03. The molecule has 1 aliphatic carbocycles. The van der Waals surface area contributed by atoms with Crippen molar-refractivity contribution in [1.82, 2.24) is 14.8 Å². The predicted molar refractivity (Wildman–Crippen MR) is 107 cm³/mol. The van der Waals surface area contributed by atoms with Gasteiger partial charge in [-0.2, -0.15) is 5.10 Å². The normalized spacial score (nSPS) is 22.2. The molecule has 1 amide bonds. The highest BCUT2D eigenvalue weighted by Crippen LogP contribution is 2.48. The number of nitrogens with zero attached hydrogens (tertiary/aromatic N) is 4. The minimum Gasteiger partial charge on any atom is -0.308 e. The van der Waals surface area contributed by atoms with E-state index in [2.05, 4.69) is 5.10 Å². The Hall–Kier alpha value is -1.78. The molecule has 7 nitrogen and oxygen atoms in total. The van der Waals surface area contributed by atoms with Crippen LogP contribution in [0.2, 0.25) is 5.15 Å². The van der Waals surface area contributed by atoms with E-state index in [-0.39, 0.29) is 35.5 Å². The number of anilines is 1. The van der Waals surface area contributed by atoms with Crippen molar-refractivity contribution in [3.05, 3.63) is 29.7 Å². The first-order valence-corrected chi connectivity index (χ1v) is 11.1. The van der Waals surface area contributed by atoms with Gasteiger partial charge in [0.15, 0.2) is 5.15 Å². The molecule has 1 aromatic heterocycles. The lowest BCUT2D eigenvalue weighted by molar-refractivity contribution is -0.121. The Bertz CT molecular complexity index is 873. The third-order valence-corrected chi connectivity index (χ3v) is 6.80. The molecule has 0 spiro atoms. The Kier molecular flexibility index (Phi) is 6.45. The van der Waals surface area contributed by atoms with Crippen LogP contribution in [0.3, 0.4) is 0 Å². The van der Waals surface area contributed by atoms with Crippen LogP contribution in [0.5, 0.6) is 0 Å². The van der Waals surface area contributed by atoms with E-state index < -0.39 is 28.6 Å². The summed E-state index contributed by atoms with van der Waals surface area (Å²) in [6, 6.07) is 0. The van der Waals surface area contributed by atoms with Gasteiger partial charge in [0.05, 0.1) is 18.4 Å². The summed E-state index contributed by atoms with van der Waals surface area (Å²) in [6.45, 7) is 3.92. The number of alkyl halides is 2. The molecule has 1 fully saturated rings. The highest BCUT2D eigenvalue weighted by atomic mass is 35.5. The van der Waals surface area contributed by atoms with Crippen molar-refractivity contribution >= 4 is 39.7 Å².